The highest BCUT2D eigenvalue weighted by atomic mass is 16.5. The smallest absolute Gasteiger partial charge is 0.318 e. The van der Waals surface area contributed by atoms with Crippen LogP contribution in [-0.2, 0) is 22.4 Å². The number of rotatable bonds is 5. The third-order valence-electron chi connectivity index (χ3n) is 4.55. The van der Waals surface area contributed by atoms with Crippen molar-refractivity contribution in [3.8, 4) is 0 Å². The van der Waals surface area contributed by atoms with Gasteiger partial charge in [-0.05, 0) is 26.7 Å². The van der Waals surface area contributed by atoms with E-state index in [9.17, 15) is 4.79 Å². The fraction of sp³-hybridized carbons (Fsp3) is 0.812. The SMILES string of the molecule is CCOCC1CN(C(=O)NC(C)c2nnc3n2CCCC3)CCO1. The van der Waals surface area contributed by atoms with E-state index in [0.717, 1.165) is 37.5 Å². The van der Waals surface area contributed by atoms with E-state index in [1.807, 2.05) is 13.8 Å². The number of nitrogens with one attached hydrogen (secondary N) is 1. The first kappa shape index (κ1) is 17.2. The average molecular weight is 337 g/mol. The average Bonchev–Trinajstić information content (AvgIpc) is 3.04. The van der Waals surface area contributed by atoms with Crippen LogP contribution < -0.4 is 5.32 Å². The van der Waals surface area contributed by atoms with Crippen molar-refractivity contribution in [3.05, 3.63) is 11.6 Å². The first-order valence-electron chi connectivity index (χ1n) is 8.85. The zero-order valence-corrected chi connectivity index (χ0v) is 14.5. The zero-order valence-electron chi connectivity index (χ0n) is 14.5. The molecule has 3 rings (SSSR count). The summed E-state index contributed by atoms with van der Waals surface area (Å²) in [5.41, 5.74) is 0. The van der Waals surface area contributed by atoms with Crippen LogP contribution >= 0.6 is 0 Å². The van der Waals surface area contributed by atoms with Gasteiger partial charge in [0.25, 0.3) is 0 Å². The van der Waals surface area contributed by atoms with Crippen LogP contribution in [0.25, 0.3) is 0 Å². The van der Waals surface area contributed by atoms with Gasteiger partial charge in [-0.25, -0.2) is 4.79 Å². The Balaban J connectivity index is 1.57. The third-order valence-corrected chi connectivity index (χ3v) is 4.55. The van der Waals surface area contributed by atoms with Gasteiger partial charge in [-0.3, -0.25) is 0 Å². The minimum absolute atomic E-state index is 0.0550. The summed E-state index contributed by atoms with van der Waals surface area (Å²) in [7, 11) is 0. The summed E-state index contributed by atoms with van der Waals surface area (Å²) < 4.78 is 13.2. The second kappa shape index (κ2) is 7.94. The minimum atomic E-state index is -0.162. The maximum Gasteiger partial charge on any atom is 0.318 e. The largest absolute Gasteiger partial charge is 0.379 e. The predicted molar refractivity (Wildman–Crippen MR) is 87.7 cm³/mol. The van der Waals surface area contributed by atoms with Crippen molar-refractivity contribution >= 4 is 6.03 Å². The van der Waals surface area contributed by atoms with Gasteiger partial charge in [0.1, 0.15) is 5.82 Å². The Hall–Kier alpha value is -1.67. The van der Waals surface area contributed by atoms with Gasteiger partial charge in [0.15, 0.2) is 5.82 Å². The molecule has 0 radical (unpaired) electrons. The Kier molecular flexibility index (Phi) is 5.68. The van der Waals surface area contributed by atoms with Crippen molar-refractivity contribution in [3.63, 3.8) is 0 Å². The van der Waals surface area contributed by atoms with E-state index in [1.54, 1.807) is 4.90 Å². The molecule has 0 saturated carbocycles. The summed E-state index contributed by atoms with van der Waals surface area (Å²) in [6, 6.07) is -0.245. The fourth-order valence-corrected chi connectivity index (χ4v) is 3.25. The molecule has 0 aliphatic carbocycles. The lowest BCUT2D eigenvalue weighted by Gasteiger charge is -2.33. The molecule has 2 aliphatic rings. The number of amides is 2. The van der Waals surface area contributed by atoms with Crippen molar-refractivity contribution < 1.29 is 14.3 Å². The van der Waals surface area contributed by atoms with Crippen LogP contribution in [-0.4, -0.2) is 64.7 Å². The van der Waals surface area contributed by atoms with Crippen LogP contribution in [0.5, 0.6) is 0 Å². The summed E-state index contributed by atoms with van der Waals surface area (Å²) >= 11 is 0. The molecule has 0 spiro atoms. The monoisotopic (exact) mass is 337 g/mol. The number of carbonyl (C=O) groups excluding carboxylic acids is 1. The Bertz CT molecular complexity index is 562. The zero-order chi connectivity index (χ0) is 16.9. The molecular formula is C16H27N5O3. The minimum Gasteiger partial charge on any atom is -0.379 e. The second-order valence-electron chi connectivity index (χ2n) is 6.35. The molecule has 0 aromatic carbocycles. The van der Waals surface area contributed by atoms with Crippen molar-refractivity contribution in [2.24, 2.45) is 0 Å². The highest BCUT2D eigenvalue weighted by Gasteiger charge is 2.27. The van der Waals surface area contributed by atoms with Gasteiger partial charge in [-0.1, -0.05) is 0 Å². The Morgan fingerprint density at radius 2 is 2.29 bits per heavy atom. The van der Waals surface area contributed by atoms with E-state index in [0.29, 0.717) is 32.9 Å². The Morgan fingerprint density at radius 3 is 3.12 bits per heavy atom. The highest BCUT2D eigenvalue weighted by molar-refractivity contribution is 5.74. The number of morpholine rings is 1. The molecular weight excluding hydrogens is 310 g/mol. The molecule has 8 heteroatoms. The number of aryl methyl sites for hydroxylation is 1. The number of aromatic nitrogens is 3. The number of nitrogens with zero attached hydrogens (tertiary/aromatic N) is 4. The molecule has 3 heterocycles. The van der Waals surface area contributed by atoms with Crippen molar-refractivity contribution in [2.45, 2.75) is 51.8 Å². The molecule has 0 bridgehead atoms. The van der Waals surface area contributed by atoms with Crippen LogP contribution in [0.15, 0.2) is 0 Å². The lowest BCUT2D eigenvalue weighted by molar-refractivity contribution is -0.0568. The number of hydrogen-bond acceptors (Lipinski definition) is 5. The molecule has 8 nitrogen and oxygen atoms in total. The Labute approximate surface area is 142 Å². The number of hydrogen-bond donors (Lipinski definition) is 1. The number of ether oxygens (including phenoxy) is 2. The predicted octanol–water partition coefficient (Wildman–Crippen LogP) is 1.12. The van der Waals surface area contributed by atoms with Crippen LogP contribution in [0.1, 0.15) is 44.4 Å². The fourth-order valence-electron chi connectivity index (χ4n) is 3.25. The normalized spacial score (nSPS) is 22.1. The lowest BCUT2D eigenvalue weighted by atomic mass is 10.1. The topological polar surface area (TPSA) is 81.5 Å². The first-order valence-corrected chi connectivity index (χ1v) is 8.85. The molecule has 134 valence electrons. The quantitative estimate of drug-likeness (QED) is 0.871. The van der Waals surface area contributed by atoms with Crippen LogP contribution in [0.4, 0.5) is 4.79 Å². The van der Waals surface area contributed by atoms with Gasteiger partial charge < -0.3 is 24.3 Å². The molecule has 24 heavy (non-hydrogen) atoms. The van der Waals surface area contributed by atoms with Crippen LogP contribution in [0.2, 0.25) is 0 Å². The van der Waals surface area contributed by atoms with Crippen molar-refractivity contribution in [1.29, 1.82) is 0 Å². The van der Waals surface area contributed by atoms with Crippen molar-refractivity contribution in [2.75, 3.05) is 32.9 Å². The van der Waals surface area contributed by atoms with Gasteiger partial charge in [0.05, 0.1) is 31.9 Å². The molecule has 1 aromatic heterocycles. The van der Waals surface area contributed by atoms with E-state index in [1.165, 1.54) is 0 Å². The van der Waals surface area contributed by atoms with Crippen molar-refractivity contribution in [1.82, 2.24) is 25.0 Å². The summed E-state index contributed by atoms with van der Waals surface area (Å²) in [5, 5.41) is 11.6. The van der Waals surface area contributed by atoms with Gasteiger partial charge in [-0.2, -0.15) is 0 Å². The second-order valence-corrected chi connectivity index (χ2v) is 6.35. The first-order chi connectivity index (χ1) is 11.7. The highest BCUT2D eigenvalue weighted by Crippen LogP contribution is 2.19. The van der Waals surface area contributed by atoms with Crippen LogP contribution in [0.3, 0.4) is 0 Å². The molecule has 1 N–H and O–H groups in total. The summed E-state index contributed by atoms with van der Waals surface area (Å²) in [6.07, 6.45) is 3.21. The summed E-state index contributed by atoms with van der Waals surface area (Å²) in [6.45, 7) is 7.71. The van der Waals surface area contributed by atoms with Gasteiger partial charge in [0.2, 0.25) is 0 Å². The molecule has 1 aromatic rings. The van der Waals surface area contributed by atoms with Crippen LogP contribution in [0, 0.1) is 0 Å². The van der Waals surface area contributed by atoms with E-state index in [4.69, 9.17) is 9.47 Å². The molecule has 2 amide bonds. The number of carbonyl (C=O) groups is 1. The van der Waals surface area contributed by atoms with E-state index < -0.39 is 0 Å². The maximum absolute atomic E-state index is 12.6. The molecule has 2 aliphatic heterocycles. The number of urea groups is 1. The Morgan fingerprint density at radius 1 is 1.42 bits per heavy atom. The standard InChI is InChI=1S/C16H27N5O3/c1-3-23-11-13-10-20(8-9-24-13)16(22)17-12(2)15-19-18-14-6-4-5-7-21(14)15/h12-13H,3-11H2,1-2H3,(H,17,22). The van der Waals surface area contributed by atoms with Gasteiger partial charge >= 0.3 is 6.03 Å². The lowest BCUT2D eigenvalue weighted by Crippen LogP contribution is -2.51. The van der Waals surface area contributed by atoms with Gasteiger partial charge in [-0.15, -0.1) is 10.2 Å². The molecule has 1 saturated heterocycles. The van der Waals surface area contributed by atoms with E-state index in [2.05, 4.69) is 20.1 Å². The third kappa shape index (κ3) is 3.87. The van der Waals surface area contributed by atoms with Gasteiger partial charge in [0, 0.05) is 26.1 Å². The molecule has 1 fully saturated rings. The van der Waals surface area contributed by atoms with E-state index in [-0.39, 0.29) is 18.2 Å². The summed E-state index contributed by atoms with van der Waals surface area (Å²) in [4.78, 5) is 14.3. The van der Waals surface area contributed by atoms with E-state index >= 15 is 0 Å². The molecule has 2 atom stereocenters. The molecule has 2 unspecified atom stereocenters. The number of fused-ring (bicyclic) bond motifs is 1. The maximum atomic E-state index is 12.6. The summed E-state index contributed by atoms with van der Waals surface area (Å²) in [5.74, 6) is 1.87.